The van der Waals surface area contributed by atoms with Crippen LogP contribution in [0.1, 0.15) is 74.6 Å². The topological polar surface area (TPSA) is 74.3 Å². The van der Waals surface area contributed by atoms with Gasteiger partial charge in [-0.15, -0.1) is 0 Å². The summed E-state index contributed by atoms with van der Waals surface area (Å²) in [6.07, 6.45) is 5.78. The highest BCUT2D eigenvalue weighted by Crippen LogP contribution is 2.47. The summed E-state index contributed by atoms with van der Waals surface area (Å²) >= 11 is 6.61. The Balaban J connectivity index is 1.56. The Labute approximate surface area is 229 Å². The molecular formula is C30H36ClN5O2. The number of piperazine rings is 1. The van der Waals surface area contributed by atoms with Crippen molar-refractivity contribution in [2.24, 2.45) is 0 Å². The number of carbonyl (C=O) groups is 1. The molecule has 1 amide bonds. The standard InChI is InChI=1S/C30H36ClN5O2/c1-19-33-18-25(34-19)30(5,6)24-16-20-8-7-11-32-26(20)27(22-10-9-21(31)17-23(22)24)35-12-14-36(15-13-35)28(37)38-29(2,3)4/h7-11,16-18,27H,12-15H2,1-6H3,(H,33,34)/t27-/m0/s1. The molecule has 2 aromatic heterocycles. The Bertz CT molecular complexity index is 1380. The van der Waals surface area contributed by atoms with Crippen molar-refractivity contribution in [1.29, 1.82) is 0 Å². The van der Waals surface area contributed by atoms with Crippen LogP contribution in [0.25, 0.3) is 11.6 Å². The van der Waals surface area contributed by atoms with Gasteiger partial charge in [-0.2, -0.15) is 0 Å². The molecule has 3 aromatic rings. The number of aromatic amines is 1. The lowest BCUT2D eigenvalue weighted by atomic mass is 9.76. The van der Waals surface area contributed by atoms with Gasteiger partial charge in [-0.05, 0) is 74.2 Å². The highest BCUT2D eigenvalue weighted by Gasteiger charge is 2.38. The number of aryl methyl sites for hydroxylation is 1. The molecule has 0 spiro atoms. The number of nitrogens with zero attached hydrogens (tertiary/aromatic N) is 4. The summed E-state index contributed by atoms with van der Waals surface area (Å²) in [6.45, 7) is 14.7. The van der Waals surface area contributed by atoms with E-state index in [2.05, 4.69) is 53.0 Å². The number of aromatic nitrogens is 3. The highest BCUT2D eigenvalue weighted by atomic mass is 35.5. The number of amides is 1. The van der Waals surface area contributed by atoms with Crippen LogP contribution < -0.4 is 0 Å². The molecule has 1 saturated heterocycles. The molecule has 38 heavy (non-hydrogen) atoms. The van der Waals surface area contributed by atoms with E-state index in [0.29, 0.717) is 31.2 Å². The van der Waals surface area contributed by atoms with Crippen LogP contribution in [0.2, 0.25) is 5.02 Å². The number of halogens is 1. The molecule has 0 unspecified atom stereocenters. The zero-order valence-electron chi connectivity index (χ0n) is 23.0. The minimum Gasteiger partial charge on any atom is -0.444 e. The van der Waals surface area contributed by atoms with Crippen LogP contribution in [0.5, 0.6) is 0 Å². The minimum absolute atomic E-state index is 0.0766. The molecule has 1 aliphatic heterocycles. The van der Waals surface area contributed by atoms with Crippen LogP contribution in [0.3, 0.4) is 0 Å². The van der Waals surface area contributed by atoms with E-state index in [4.69, 9.17) is 21.3 Å². The van der Waals surface area contributed by atoms with E-state index in [0.717, 1.165) is 39.5 Å². The smallest absolute Gasteiger partial charge is 0.410 e. The van der Waals surface area contributed by atoms with Gasteiger partial charge in [-0.25, -0.2) is 9.78 Å². The summed E-state index contributed by atoms with van der Waals surface area (Å²) in [5.41, 5.74) is 5.67. The first kappa shape index (κ1) is 26.4. The average Bonchev–Trinajstić information content (AvgIpc) is 3.24. The van der Waals surface area contributed by atoms with Crippen LogP contribution in [-0.2, 0) is 10.2 Å². The molecule has 2 aliphatic rings. The van der Waals surface area contributed by atoms with Crippen LogP contribution in [0.15, 0.2) is 42.7 Å². The minimum atomic E-state index is -0.515. The van der Waals surface area contributed by atoms with Gasteiger partial charge in [0, 0.05) is 54.7 Å². The zero-order valence-corrected chi connectivity index (χ0v) is 23.8. The van der Waals surface area contributed by atoms with Crippen LogP contribution >= 0.6 is 11.6 Å². The summed E-state index contributed by atoms with van der Waals surface area (Å²) in [4.78, 5) is 29.8. The summed E-state index contributed by atoms with van der Waals surface area (Å²) in [5, 5.41) is 0.693. The second-order valence-electron chi connectivity index (χ2n) is 11.7. The average molecular weight is 534 g/mol. The normalized spacial score (nSPS) is 18.3. The number of nitrogens with one attached hydrogen (secondary N) is 1. The number of allylic oxidation sites excluding steroid dienone is 1. The van der Waals surface area contributed by atoms with E-state index in [-0.39, 0.29) is 17.6 Å². The van der Waals surface area contributed by atoms with Crippen LogP contribution in [-0.4, -0.2) is 62.6 Å². The lowest BCUT2D eigenvalue weighted by molar-refractivity contribution is 0.0118. The SMILES string of the molecule is Cc1ncc(C(C)(C)C2=Cc3cccnc3[C@@H](N3CCN(C(=O)OC(C)(C)C)CC3)c3ccc(Cl)cc32)[nH]1. The molecule has 1 N–H and O–H groups in total. The molecule has 7 nitrogen and oxygen atoms in total. The van der Waals surface area contributed by atoms with Crippen molar-refractivity contribution in [3.8, 4) is 0 Å². The molecule has 8 heteroatoms. The molecular weight excluding hydrogens is 498 g/mol. The van der Waals surface area contributed by atoms with Crippen LogP contribution in [0, 0.1) is 6.92 Å². The molecule has 1 aromatic carbocycles. The highest BCUT2D eigenvalue weighted by molar-refractivity contribution is 6.30. The van der Waals surface area contributed by atoms with Gasteiger partial charge in [0.2, 0.25) is 0 Å². The third-order valence-corrected chi connectivity index (χ3v) is 7.65. The number of ether oxygens (including phenoxy) is 1. The van der Waals surface area contributed by atoms with Crippen molar-refractivity contribution < 1.29 is 9.53 Å². The maximum atomic E-state index is 12.7. The first-order valence-corrected chi connectivity index (χ1v) is 13.5. The summed E-state index contributed by atoms with van der Waals surface area (Å²) in [6, 6.07) is 10.2. The number of hydrogen-bond acceptors (Lipinski definition) is 5. The first-order valence-electron chi connectivity index (χ1n) is 13.1. The van der Waals surface area contributed by atoms with Gasteiger partial charge >= 0.3 is 6.09 Å². The molecule has 0 radical (unpaired) electrons. The fourth-order valence-corrected chi connectivity index (χ4v) is 5.59. The molecule has 0 bridgehead atoms. The van der Waals surface area contributed by atoms with Gasteiger partial charge in [-0.3, -0.25) is 9.88 Å². The van der Waals surface area contributed by atoms with Gasteiger partial charge < -0.3 is 14.6 Å². The lowest BCUT2D eigenvalue weighted by Crippen LogP contribution is -2.51. The third-order valence-electron chi connectivity index (χ3n) is 7.41. The van der Waals surface area contributed by atoms with E-state index in [1.165, 1.54) is 0 Å². The number of fused-ring (bicyclic) bond motifs is 2. The van der Waals surface area contributed by atoms with Crippen molar-refractivity contribution in [3.05, 3.63) is 81.7 Å². The second-order valence-corrected chi connectivity index (χ2v) is 12.1. The maximum Gasteiger partial charge on any atom is 0.410 e. The number of hydrogen-bond donors (Lipinski definition) is 1. The van der Waals surface area contributed by atoms with E-state index >= 15 is 0 Å². The largest absolute Gasteiger partial charge is 0.444 e. The third kappa shape index (κ3) is 5.09. The van der Waals surface area contributed by atoms with Crippen molar-refractivity contribution in [2.45, 2.75) is 58.6 Å². The van der Waals surface area contributed by atoms with Crippen molar-refractivity contribution in [1.82, 2.24) is 24.8 Å². The Morgan fingerprint density at radius 2 is 1.82 bits per heavy atom. The Kier molecular flexibility index (Phi) is 6.86. The Morgan fingerprint density at radius 3 is 2.47 bits per heavy atom. The van der Waals surface area contributed by atoms with Gasteiger partial charge in [0.15, 0.2) is 0 Å². The quantitative estimate of drug-likeness (QED) is 0.431. The molecule has 0 saturated carbocycles. The summed E-state index contributed by atoms with van der Waals surface area (Å²) < 4.78 is 5.62. The number of rotatable bonds is 3. The van der Waals surface area contributed by atoms with Crippen molar-refractivity contribution in [2.75, 3.05) is 26.2 Å². The van der Waals surface area contributed by atoms with Crippen LogP contribution in [0.4, 0.5) is 4.79 Å². The zero-order chi connectivity index (χ0) is 27.2. The van der Waals surface area contributed by atoms with Gasteiger partial charge in [0.05, 0.1) is 11.7 Å². The fraction of sp³-hybridized carbons (Fsp3) is 0.433. The number of pyridine rings is 1. The van der Waals surface area contributed by atoms with E-state index in [1.54, 1.807) is 4.90 Å². The van der Waals surface area contributed by atoms with Crippen molar-refractivity contribution >= 4 is 29.3 Å². The number of carbonyl (C=O) groups excluding carboxylic acids is 1. The monoisotopic (exact) mass is 533 g/mol. The van der Waals surface area contributed by atoms with E-state index < -0.39 is 5.60 Å². The predicted molar refractivity (Wildman–Crippen MR) is 151 cm³/mol. The maximum absolute atomic E-state index is 12.7. The van der Waals surface area contributed by atoms with Crippen molar-refractivity contribution in [3.63, 3.8) is 0 Å². The van der Waals surface area contributed by atoms with Gasteiger partial charge in [-0.1, -0.05) is 37.6 Å². The Hall–Kier alpha value is -3.16. The summed E-state index contributed by atoms with van der Waals surface area (Å²) in [5.74, 6) is 0.886. The molecule has 1 fully saturated rings. The Morgan fingerprint density at radius 1 is 1.08 bits per heavy atom. The number of benzene rings is 1. The van der Waals surface area contributed by atoms with E-state index in [9.17, 15) is 4.79 Å². The van der Waals surface area contributed by atoms with E-state index in [1.807, 2.05) is 52.2 Å². The lowest BCUT2D eigenvalue weighted by Gasteiger charge is -2.40. The number of H-pyrrole nitrogens is 1. The first-order chi connectivity index (χ1) is 17.9. The molecule has 1 atom stereocenters. The second kappa shape index (κ2) is 9.86. The summed E-state index contributed by atoms with van der Waals surface area (Å²) in [7, 11) is 0. The number of imidazole rings is 1. The predicted octanol–water partition coefficient (Wildman–Crippen LogP) is 6.24. The molecule has 5 rings (SSSR count). The molecule has 3 heterocycles. The fourth-order valence-electron chi connectivity index (χ4n) is 5.42. The van der Waals surface area contributed by atoms with Gasteiger partial charge in [0.25, 0.3) is 0 Å². The molecule has 200 valence electrons. The molecule has 1 aliphatic carbocycles. The van der Waals surface area contributed by atoms with Gasteiger partial charge in [0.1, 0.15) is 11.4 Å².